The molecule has 2 aromatic rings. The largest absolute Gasteiger partial charge is 0.496 e. The van der Waals surface area contributed by atoms with Gasteiger partial charge in [-0.25, -0.2) is 4.79 Å². The summed E-state index contributed by atoms with van der Waals surface area (Å²) in [5, 5.41) is 0. The van der Waals surface area contributed by atoms with E-state index in [-0.39, 0.29) is 17.0 Å². The zero-order valence-electron chi connectivity index (χ0n) is 18.3. The minimum Gasteiger partial charge on any atom is -0.496 e. The molecule has 32 heavy (non-hydrogen) atoms. The second kappa shape index (κ2) is 8.28. The lowest BCUT2D eigenvalue weighted by Gasteiger charge is -2.40. The number of likely N-dealkylation sites (N-methyl/N-ethyl adjacent to an activating group) is 1. The Kier molecular flexibility index (Phi) is 5.79. The Labute approximate surface area is 185 Å². The van der Waals surface area contributed by atoms with E-state index in [1.807, 2.05) is 19.1 Å². The van der Waals surface area contributed by atoms with E-state index in [0.717, 1.165) is 55.0 Å². The molecule has 0 bridgehead atoms. The standard InChI is InChI=1S/C25H26F3NO3/c1-16-14-19(8-9-21(16)31-3)24-11-10-20(15-22(24)29(2)13-12-24)32-23(30)17-4-6-18(7-5-17)25(26,27)28/h4-9,14-15,22H,10-13H2,1-3H3/t22-,24-/m0/s1. The third-order valence-electron chi connectivity index (χ3n) is 6.75. The van der Waals surface area contributed by atoms with Gasteiger partial charge in [-0.2, -0.15) is 13.2 Å². The number of alkyl halides is 3. The molecule has 1 heterocycles. The molecular formula is C25H26F3NO3. The summed E-state index contributed by atoms with van der Waals surface area (Å²) in [4.78, 5) is 14.8. The molecule has 4 rings (SSSR count). The lowest BCUT2D eigenvalue weighted by molar-refractivity contribution is -0.137. The third-order valence-corrected chi connectivity index (χ3v) is 6.75. The van der Waals surface area contributed by atoms with Gasteiger partial charge in [0.2, 0.25) is 0 Å². The third kappa shape index (κ3) is 4.01. The van der Waals surface area contributed by atoms with Crippen molar-refractivity contribution in [3.05, 3.63) is 76.6 Å². The maximum Gasteiger partial charge on any atom is 0.416 e. The number of rotatable bonds is 4. The number of benzene rings is 2. The summed E-state index contributed by atoms with van der Waals surface area (Å²) in [5.41, 5.74) is 1.56. The number of halogens is 3. The topological polar surface area (TPSA) is 38.8 Å². The highest BCUT2D eigenvalue weighted by Gasteiger charge is 2.48. The number of carbonyl (C=O) groups is 1. The number of esters is 1. The second-order valence-electron chi connectivity index (χ2n) is 8.61. The molecule has 170 valence electrons. The first kappa shape index (κ1) is 22.4. The van der Waals surface area contributed by atoms with Crippen LogP contribution in [0.4, 0.5) is 13.2 Å². The molecule has 4 nitrogen and oxygen atoms in total. The van der Waals surface area contributed by atoms with Crippen molar-refractivity contribution in [2.75, 3.05) is 20.7 Å². The fourth-order valence-electron chi connectivity index (χ4n) is 4.96. The van der Waals surface area contributed by atoms with Crippen LogP contribution in [0.2, 0.25) is 0 Å². The van der Waals surface area contributed by atoms with Gasteiger partial charge in [0.15, 0.2) is 0 Å². The van der Waals surface area contributed by atoms with E-state index < -0.39 is 17.7 Å². The van der Waals surface area contributed by atoms with E-state index in [4.69, 9.17) is 9.47 Å². The molecule has 0 aromatic heterocycles. The molecule has 2 aromatic carbocycles. The Morgan fingerprint density at radius 1 is 1.12 bits per heavy atom. The Bertz CT molecular complexity index is 1050. The van der Waals surface area contributed by atoms with Gasteiger partial charge >= 0.3 is 12.1 Å². The molecule has 1 aliphatic carbocycles. The average Bonchev–Trinajstić information content (AvgIpc) is 3.10. The first-order chi connectivity index (χ1) is 15.1. The molecule has 0 unspecified atom stereocenters. The van der Waals surface area contributed by atoms with Crippen LogP contribution in [-0.4, -0.2) is 37.6 Å². The van der Waals surface area contributed by atoms with E-state index in [1.54, 1.807) is 7.11 Å². The molecule has 0 radical (unpaired) electrons. The quantitative estimate of drug-likeness (QED) is 0.583. The zero-order chi connectivity index (χ0) is 23.1. The summed E-state index contributed by atoms with van der Waals surface area (Å²) in [7, 11) is 3.72. The summed E-state index contributed by atoms with van der Waals surface area (Å²) in [6.07, 6.45) is -0.0408. The number of nitrogens with zero attached hydrogens (tertiary/aromatic N) is 1. The fourth-order valence-corrected chi connectivity index (χ4v) is 4.96. The van der Waals surface area contributed by atoms with Crippen LogP contribution in [0.25, 0.3) is 0 Å². The minimum absolute atomic E-state index is 0.0689. The van der Waals surface area contributed by atoms with Crippen LogP contribution in [0, 0.1) is 6.92 Å². The highest BCUT2D eigenvalue weighted by Crippen LogP contribution is 2.48. The van der Waals surface area contributed by atoms with Crippen molar-refractivity contribution in [2.45, 2.75) is 43.8 Å². The SMILES string of the molecule is COc1ccc([C@@]23CCC(OC(=O)c4ccc(C(F)(F)F)cc4)=C[C@@H]2N(C)CC3)cc1C. The normalized spacial score (nSPS) is 23.4. The van der Waals surface area contributed by atoms with Gasteiger partial charge in [-0.05, 0) is 80.9 Å². The highest BCUT2D eigenvalue weighted by atomic mass is 19.4. The lowest BCUT2D eigenvalue weighted by atomic mass is 9.68. The van der Waals surface area contributed by atoms with Gasteiger partial charge in [-0.3, -0.25) is 4.90 Å². The van der Waals surface area contributed by atoms with E-state index >= 15 is 0 Å². The summed E-state index contributed by atoms with van der Waals surface area (Å²) >= 11 is 0. The van der Waals surface area contributed by atoms with Gasteiger partial charge in [-0.15, -0.1) is 0 Å². The molecule has 1 aliphatic heterocycles. The van der Waals surface area contributed by atoms with Crippen molar-refractivity contribution in [2.24, 2.45) is 0 Å². The minimum atomic E-state index is -4.44. The van der Waals surface area contributed by atoms with Crippen molar-refractivity contribution < 1.29 is 27.4 Å². The van der Waals surface area contributed by atoms with Gasteiger partial charge < -0.3 is 9.47 Å². The Balaban J connectivity index is 1.55. The van der Waals surface area contributed by atoms with Crippen LogP contribution < -0.4 is 4.74 Å². The maximum absolute atomic E-state index is 12.8. The number of ether oxygens (including phenoxy) is 2. The Morgan fingerprint density at radius 3 is 2.47 bits per heavy atom. The first-order valence-electron chi connectivity index (χ1n) is 10.6. The molecule has 0 N–H and O–H groups in total. The van der Waals surface area contributed by atoms with Gasteiger partial charge in [0.25, 0.3) is 0 Å². The zero-order valence-corrected chi connectivity index (χ0v) is 18.3. The number of hydrogen-bond acceptors (Lipinski definition) is 4. The summed E-state index contributed by atoms with van der Waals surface area (Å²) in [6, 6.07) is 10.5. The van der Waals surface area contributed by atoms with Crippen LogP contribution >= 0.6 is 0 Å². The summed E-state index contributed by atoms with van der Waals surface area (Å²) < 4.78 is 49.3. The molecule has 0 saturated carbocycles. The fraction of sp³-hybridized carbons (Fsp3) is 0.400. The van der Waals surface area contributed by atoms with Crippen molar-refractivity contribution in [1.29, 1.82) is 0 Å². The number of aryl methyl sites for hydroxylation is 1. The Morgan fingerprint density at radius 2 is 1.84 bits per heavy atom. The van der Waals surface area contributed by atoms with E-state index in [2.05, 4.69) is 24.1 Å². The van der Waals surface area contributed by atoms with Crippen molar-refractivity contribution in [1.82, 2.24) is 4.90 Å². The molecular weight excluding hydrogens is 419 g/mol. The lowest BCUT2D eigenvalue weighted by Crippen LogP contribution is -2.42. The molecule has 2 atom stereocenters. The second-order valence-corrected chi connectivity index (χ2v) is 8.61. The number of likely N-dealkylation sites (tertiary alicyclic amines) is 1. The average molecular weight is 445 g/mol. The highest BCUT2D eigenvalue weighted by molar-refractivity contribution is 5.90. The molecule has 2 aliphatic rings. The van der Waals surface area contributed by atoms with E-state index in [1.165, 1.54) is 5.56 Å². The van der Waals surface area contributed by atoms with E-state index in [0.29, 0.717) is 12.2 Å². The molecule has 1 fully saturated rings. The van der Waals surface area contributed by atoms with Gasteiger partial charge in [0.05, 0.1) is 18.2 Å². The molecule has 0 amide bonds. The molecule has 1 saturated heterocycles. The van der Waals surface area contributed by atoms with Crippen LogP contribution in [0.5, 0.6) is 5.75 Å². The number of allylic oxidation sites excluding steroid dienone is 1. The van der Waals surface area contributed by atoms with Gasteiger partial charge in [-0.1, -0.05) is 12.1 Å². The van der Waals surface area contributed by atoms with Crippen molar-refractivity contribution in [3.63, 3.8) is 0 Å². The summed E-state index contributed by atoms with van der Waals surface area (Å²) in [5.74, 6) is 0.776. The molecule has 7 heteroatoms. The van der Waals surface area contributed by atoms with Crippen LogP contribution in [-0.2, 0) is 16.3 Å². The van der Waals surface area contributed by atoms with Crippen LogP contribution in [0.1, 0.15) is 46.3 Å². The molecule has 0 spiro atoms. The number of fused-ring (bicyclic) bond motifs is 1. The van der Waals surface area contributed by atoms with Crippen LogP contribution in [0.3, 0.4) is 0 Å². The van der Waals surface area contributed by atoms with Crippen molar-refractivity contribution >= 4 is 5.97 Å². The van der Waals surface area contributed by atoms with Crippen LogP contribution in [0.15, 0.2) is 54.3 Å². The predicted octanol–water partition coefficient (Wildman–Crippen LogP) is 5.50. The van der Waals surface area contributed by atoms with E-state index in [9.17, 15) is 18.0 Å². The first-order valence-corrected chi connectivity index (χ1v) is 10.6. The smallest absolute Gasteiger partial charge is 0.416 e. The van der Waals surface area contributed by atoms with Gasteiger partial charge in [0, 0.05) is 17.9 Å². The number of carbonyl (C=O) groups excluding carboxylic acids is 1. The maximum atomic E-state index is 12.8. The Hall–Kier alpha value is -2.80. The van der Waals surface area contributed by atoms with Gasteiger partial charge in [0.1, 0.15) is 11.5 Å². The summed E-state index contributed by atoms with van der Waals surface area (Å²) in [6.45, 7) is 2.95. The number of methoxy groups -OCH3 is 1. The van der Waals surface area contributed by atoms with Crippen molar-refractivity contribution in [3.8, 4) is 5.75 Å². The monoisotopic (exact) mass is 445 g/mol. The number of hydrogen-bond donors (Lipinski definition) is 0. The predicted molar refractivity (Wildman–Crippen MR) is 115 cm³/mol.